The summed E-state index contributed by atoms with van der Waals surface area (Å²) in [5.74, 6) is -0.283. The third-order valence-electron chi connectivity index (χ3n) is 7.38. The zero-order valence-corrected chi connectivity index (χ0v) is 23.8. The Hall–Kier alpha value is -0.120. The summed E-state index contributed by atoms with van der Waals surface area (Å²) in [5, 5.41) is 0. The predicted molar refractivity (Wildman–Crippen MR) is 145 cm³/mol. The van der Waals surface area contributed by atoms with Gasteiger partial charge >= 0.3 is 0 Å². The lowest BCUT2D eigenvalue weighted by Gasteiger charge is -2.28. The van der Waals surface area contributed by atoms with Gasteiger partial charge in [-0.15, -0.1) is 0 Å². The Morgan fingerprint density at radius 3 is 1.33 bits per heavy atom. The van der Waals surface area contributed by atoms with E-state index in [1.807, 2.05) is 0 Å². The Morgan fingerprint density at radius 2 is 0.909 bits per heavy atom. The van der Waals surface area contributed by atoms with Crippen molar-refractivity contribution < 1.29 is 14.0 Å². The molecule has 0 aromatic heterocycles. The van der Waals surface area contributed by atoms with Crippen molar-refractivity contribution in [2.24, 2.45) is 0 Å². The van der Waals surface area contributed by atoms with Gasteiger partial charge in [-0.05, 0) is 38.5 Å². The largest absolute Gasteiger partial charge is 0.344 e. The number of quaternary nitrogens is 1. The first-order valence-electron chi connectivity index (χ1n) is 15.0. The van der Waals surface area contributed by atoms with Crippen LogP contribution in [0.2, 0.25) is 0 Å². The molecule has 198 valence electrons. The maximum Gasteiger partial charge on any atom is 0.169 e. The van der Waals surface area contributed by atoms with Crippen molar-refractivity contribution in [2.75, 3.05) is 27.7 Å². The van der Waals surface area contributed by atoms with Crippen LogP contribution in [0.4, 0.5) is 0 Å². The zero-order valence-electron chi connectivity index (χ0n) is 23.8. The number of unbranched alkanes of at least 4 members (excludes halogenated alkanes) is 12. The number of ether oxygens (including phenoxy) is 2. The first-order chi connectivity index (χ1) is 15.9. The van der Waals surface area contributed by atoms with Crippen LogP contribution >= 0.6 is 0 Å². The maximum atomic E-state index is 6.82. The van der Waals surface area contributed by atoms with Gasteiger partial charge in [-0.25, -0.2) is 0 Å². The average Bonchev–Trinajstić information content (AvgIpc) is 3.12. The van der Waals surface area contributed by atoms with Gasteiger partial charge in [0.25, 0.3) is 0 Å². The molecule has 33 heavy (non-hydrogen) atoms. The van der Waals surface area contributed by atoms with E-state index in [0.29, 0.717) is 12.2 Å². The fourth-order valence-corrected chi connectivity index (χ4v) is 5.24. The molecule has 0 bridgehead atoms. The molecule has 0 aromatic carbocycles. The van der Waals surface area contributed by atoms with E-state index in [1.165, 1.54) is 122 Å². The third kappa shape index (κ3) is 14.8. The number of hydrogen-bond donors (Lipinski definition) is 0. The van der Waals surface area contributed by atoms with Crippen LogP contribution in [-0.2, 0) is 9.47 Å². The topological polar surface area (TPSA) is 18.5 Å². The molecule has 1 aliphatic rings. The van der Waals surface area contributed by atoms with E-state index < -0.39 is 0 Å². The van der Waals surface area contributed by atoms with Gasteiger partial charge in [0.15, 0.2) is 5.79 Å². The van der Waals surface area contributed by atoms with Gasteiger partial charge in [0, 0.05) is 12.8 Å². The summed E-state index contributed by atoms with van der Waals surface area (Å²) in [4.78, 5) is 0. The lowest BCUT2D eigenvalue weighted by molar-refractivity contribution is -0.870. The van der Waals surface area contributed by atoms with Crippen molar-refractivity contribution in [2.45, 2.75) is 167 Å². The summed E-state index contributed by atoms with van der Waals surface area (Å²) < 4.78 is 14.7. The van der Waals surface area contributed by atoms with E-state index in [1.54, 1.807) is 0 Å². The second kappa shape index (κ2) is 18.2. The highest BCUT2D eigenvalue weighted by Gasteiger charge is 2.45. The molecular weight excluding hydrogens is 406 g/mol. The Balaban J connectivity index is 2.46. The van der Waals surface area contributed by atoms with Gasteiger partial charge in [-0.3, -0.25) is 0 Å². The molecule has 0 unspecified atom stereocenters. The minimum absolute atomic E-state index is 0.283. The summed E-state index contributed by atoms with van der Waals surface area (Å²) in [6.45, 7) is 8.17. The van der Waals surface area contributed by atoms with Crippen LogP contribution in [0.1, 0.15) is 149 Å². The lowest BCUT2D eigenvalue weighted by Crippen LogP contribution is -2.35. The average molecular weight is 469 g/mol. The van der Waals surface area contributed by atoms with Crippen molar-refractivity contribution in [1.29, 1.82) is 0 Å². The highest BCUT2D eigenvalue weighted by atomic mass is 16.8. The van der Waals surface area contributed by atoms with Gasteiger partial charge < -0.3 is 14.0 Å². The Labute approximate surface area is 209 Å². The van der Waals surface area contributed by atoms with E-state index in [2.05, 4.69) is 41.9 Å². The first-order valence-corrected chi connectivity index (χ1v) is 15.0. The molecule has 1 fully saturated rings. The maximum absolute atomic E-state index is 6.82. The van der Waals surface area contributed by atoms with Crippen LogP contribution in [0.3, 0.4) is 0 Å². The van der Waals surface area contributed by atoms with Crippen LogP contribution in [0.5, 0.6) is 0 Å². The lowest BCUT2D eigenvalue weighted by atomic mass is 9.99. The van der Waals surface area contributed by atoms with Crippen molar-refractivity contribution in [3.63, 3.8) is 0 Å². The van der Waals surface area contributed by atoms with Crippen LogP contribution in [0.25, 0.3) is 0 Å². The number of rotatable bonds is 22. The second-order valence-electron chi connectivity index (χ2n) is 11.9. The molecule has 2 atom stereocenters. The molecule has 0 amide bonds. The molecule has 1 aliphatic heterocycles. The molecule has 1 saturated heterocycles. The van der Waals surface area contributed by atoms with E-state index in [0.717, 1.165) is 17.3 Å². The van der Waals surface area contributed by atoms with Crippen molar-refractivity contribution in [3.8, 4) is 0 Å². The zero-order chi connectivity index (χ0) is 24.4. The van der Waals surface area contributed by atoms with Crippen LogP contribution in [-0.4, -0.2) is 50.2 Å². The molecule has 0 spiro atoms. The molecule has 0 aromatic rings. The molecule has 0 N–H and O–H groups in total. The van der Waals surface area contributed by atoms with E-state index >= 15 is 0 Å². The van der Waals surface area contributed by atoms with Crippen molar-refractivity contribution in [1.82, 2.24) is 0 Å². The highest BCUT2D eigenvalue weighted by molar-refractivity contribution is 4.86. The fourth-order valence-electron chi connectivity index (χ4n) is 5.24. The predicted octanol–water partition coefficient (Wildman–Crippen LogP) is 9.03. The molecule has 1 heterocycles. The molecule has 0 radical (unpaired) electrons. The molecular formula is C30H62NO2+. The third-order valence-corrected chi connectivity index (χ3v) is 7.38. The van der Waals surface area contributed by atoms with E-state index in [4.69, 9.17) is 9.47 Å². The fraction of sp³-hybridized carbons (Fsp3) is 1.00. The van der Waals surface area contributed by atoms with Crippen LogP contribution < -0.4 is 0 Å². The molecule has 0 saturated carbocycles. The van der Waals surface area contributed by atoms with Gasteiger partial charge in [0.05, 0.1) is 39.9 Å². The second-order valence-corrected chi connectivity index (χ2v) is 11.9. The minimum Gasteiger partial charge on any atom is -0.344 e. The SMILES string of the molecule is CCCCCCCC[C@@H]1OC(CCCC)(CCCC)O[C@H]1CCCCCCCC[N+](C)(C)C. The molecule has 3 heteroatoms. The highest BCUT2D eigenvalue weighted by Crippen LogP contribution is 2.40. The van der Waals surface area contributed by atoms with Gasteiger partial charge in [-0.2, -0.15) is 0 Å². The van der Waals surface area contributed by atoms with Gasteiger partial charge in [-0.1, -0.05) is 97.8 Å². The monoisotopic (exact) mass is 468 g/mol. The van der Waals surface area contributed by atoms with E-state index in [9.17, 15) is 0 Å². The smallest absolute Gasteiger partial charge is 0.169 e. The quantitative estimate of drug-likeness (QED) is 0.116. The Morgan fingerprint density at radius 1 is 0.515 bits per heavy atom. The summed E-state index contributed by atoms with van der Waals surface area (Å²) >= 11 is 0. The normalized spacial score (nSPS) is 20.5. The molecule has 3 nitrogen and oxygen atoms in total. The van der Waals surface area contributed by atoms with Crippen LogP contribution in [0.15, 0.2) is 0 Å². The first kappa shape index (κ1) is 30.9. The number of nitrogens with zero attached hydrogens (tertiary/aromatic N) is 1. The molecule has 0 aliphatic carbocycles. The summed E-state index contributed by atoms with van der Waals surface area (Å²) in [6, 6.07) is 0. The van der Waals surface area contributed by atoms with Crippen molar-refractivity contribution in [3.05, 3.63) is 0 Å². The molecule has 1 rings (SSSR count). The summed E-state index contributed by atoms with van der Waals surface area (Å²) in [7, 11) is 6.89. The Kier molecular flexibility index (Phi) is 17.0. The summed E-state index contributed by atoms with van der Waals surface area (Å²) in [5.41, 5.74) is 0. The minimum atomic E-state index is -0.283. The van der Waals surface area contributed by atoms with Crippen molar-refractivity contribution >= 4 is 0 Å². The summed E-state index contributed by atoms with van der Waals surface area (Å²) in [6.07, 6.45) is 26.4. The number of hydrogen-bond acceptors (Lipinski definition) is 2. The van der Waals surface area contributed by atoms with Crippen LogP contribution in [0, 0.1) is 0 Å². The van der Waals surface area contributed by atoms with Gasteiger partial charge in [0.1, 0.15) is 0 Å². The standard InChI is InChI=1S/C30H62NO2/c1-7-10-13-14-17-20-23-28-29(24-21-18-15-16-19-22-27-31(4,5)6)33-30(32-28,25-11-8-2)26-12-9-3/h28-29H,7-27H2,1-6H3/q+1/t28-,29-/m0/s1. The van der Waals surface area contributed by atoms with E-state index in [-0.39, 0.29) is 5.79 Å². The Bertz CT molecular complexity index is 437. The van der Waals surface area contributed by atoms with Gasteiger partial charge in [0.2, 0.25) is 0 Å².